The molecule has 0 unspecified atom stereocenters. The minimum atomic E-state index is -0.906. The summed E-state index contributed by atoms with van der Waals surface area (Å²) in [5, 5.41) is 17.8. The Morgan fingerprint density at radius 2 is 0.656 bits per heavy atom. The normalized spacial score (nSPS) is 10.4. The van der Waals surface area contributed by atoms with Crippen molar-refractivity contribution in [1.82, 2.24) is 0 Å². The van der Waals surface area contributed by atoms with Gasteiger partial charge < -0.3 is 33.9 Å². The molecule has 0 radical (unpaired) electrons. The van der Waals surface area contributed by atoms with Crippen LogP contribution in [0.3, 0.4) is 0 Å². The van der Waals surface area contributed by atoms with E-state index in [2.05, 4.69) is 27.7 Å². The third-order valence-electron chi connectivity index (χ3n) is 9.63. The summed E-state index contributed by atoms with van der Waals surface area (Å²) < 4.78 is 27.9. The van der Waals surface area contributed by atoms with Gasteiger partial charge in [-0.15, -0.1) is 0 Å². The number of carbonyl (C=O) groups is 2. The fourth-order valence-electron chi connectivity index (χ4n) is 5.92. The maximum absolute atomic E-state index is 12.3. The Hall–Kier alpha value is -5.18. The van der Waals surface area contributed by atoms with E-state index in [-0.39, 0.29) is 11.7 Å². The highest BCUT2D eigenvalue weighted by molar-refractivity contribution is 5.91. The molecule has 336 valence electrons. The topological polar surface area (TPSA) is 121 Å². The van der Waals surface area contributed by atoms with Crippen LogP contribution in [-0.4, -0.2) is 48.6 Å². The van der Waals surface area contributed by atoms with E-state index >= 15 is 0 Å². The lowest BCUT2D eigenvalue weighted by atomic mass is 10.2. The number of ether oxygens (including phenoxy) is 5. The second-order valence-corrected chi connectivity index (χ2v) is 15.1. The number of aromatic hydroxyl groups is 1. The lowest BCUT2D eigenvalue weighted by molar-refractivity contribution is 0.0694. The molecule has 0 aliphatic carbocycles. The molecule has 0 aromatic heterocycles. The van der Waals surface area contributed by atoms with Gasteiger partial charge in [-0.2, -0.15) is 0 Å². The predicted octanol–water partition coefficient (Wildman–Crippen LogP) is 14.3. The molecule has 4 aromatic carbocycles. The van der Waals surface area contributed by atoms with E-state index in [0.717, 1.165) is 55.3 Å². The van der Waals surface area contributed by atoms with Crippen molar-refractivity contribution >= 4 is 11.9 Å². The third-order valence-corrected chi connectivity index (χ3v) is 9.63. The second kappa shape index (κ2) is 34.5. The number of unbranched alkanes of at least 4 members (excludes halogenated alkanes) is 14. The molecule has 0 saturated carbocycles. The van der Waals surface area contributed by atoms with E-state index < -0.39 is 5.97 Å². The maximum Gasteiger partial charge on any atom is 0.343 e. The van der Waals surface area contributed by atoms with Crippen LogP contribution < -0.4 is 23.7 Å². The quantitative estimate of drug-likeness (QED) is 0.0313. The Kier molecular flexibility index (Phi) is 29.4. The number of esters is 1. The van der Waals surface area contributed by atoms with E-state index in [1.54, 1.807) is 72.8 Å². The number of carbonyl (C=O) groups excluding carboxylic acids is 1. The Morgan fingerprint density at radius 3 is 1.00 bits per heavy atom. The monoisotopic (exact) mass is 843 g/mol. The van der Waals surface area contributed by atoms with E-state index in [0.29, 0.717) is 36.7 Å². The molecule has 0 atom stereocenters. The third kappa shape index (κ3) is 25.9. The lowest BCUT2D eigenvalue weighted by Crippen LogP contribution is -2.08. The predicted molar refractivity (Wildman–Crippen MR) is 247 cm³/mol. The number of benzene rings is 4. The second-order valence-electron chi connectivity index (χ2n) is 15.1. The van der Waals surface area contributed by atoms with E-state index in [4.69, 9.17) is 33.9 Å². The van der Waals surface area contributed by atoms with Gasteiger partial charge in [0.05, 0.1) is 37.6 Å². The van der Waals surface area contributed by atoms with E-state index in [1.165, 1.54) is 89.9 Å². The zero-order valence-electron chi connectivity index (χ0n) is 37.5. The van der Waals surface area contributed by atoms with Crippen LogP contribution in [0.2, 0.25) is 0 Å². The number of carboxylic acids is 1. The summed E-state index contributed by atoms with van der Waals surface area (Å²) in [6.07, 6.45) is 21.7. The van der Waals surface area contributed by atoms with Crippen LogP contribution in [0.25, 0.3) is 0 Å². The van der Waals surface area contributed by atoms with Gasteiger partial charge in [-0.3, -0.25) is 0 Å². The first-order valence-electron chi connectivity index (χ1n) is 22.8. The van der Waals surface area contributed by atoms with Crippen molar-refractivity contribution in [1.29, 1.82) is 0 Å². The first-order valence-corrected chi connectivity index (χ1v) is 22.8. The Morgan fingerprint density at radius 1 is 0.377 bits per heavy atom. The van der Waals surface area contributed by atoms with Crippen LogP contribution >= 0.6 is 0 Å². The number of hydrogen-bond acceptors (Lipinski definition) is 8. The van der Waals surface area contributed by atoms with Crippen molar-refractivity contribution in [2.24, 2.45) is 0 Å². The first-order chi connectivity index (χ1) is 29.8. The van der Waals surface area contributed by atoms with Crippen LogP contribution in [0.5, 0.6) is 34.5 Å². The summed E-state index contributed by atoms with van der Waals surface area (Å²) in [5.41, 5.74) is 0.793. The molecular weight excluding hydrogens is 769 g/mol. The molecule has 0 saturated heterocycles. The zero-order chi connectivity index (χ0) is 44.2. The van der Waals surface area contributed by atoms with Crippen LogP contribution in [-0.2, 0) is 0 Å². The van der Waals surface area contributed by atoms with E-state index in [9.17, 15) is 9.59 Å². The maximum atomic E-state index is 12.3. The molecule has 9 heteroatoms. The number of rotatable bonds is 29. The molecule has 61 heavy (non-hydrogen) atoms. The standard InChI is InChI=1S/C26H36O4.C14H20O3.C12H18O2/c1-3-5-7-9-11-21-28-23-14-12-22(13-15-23)26(27)30-25-18-16-24(17-19-25)29-20-10-8-6-4-2;1-2-3-4-5-6-11-17-13-9-7-12(8-10-13)14(15)16;1-2-3-4-5-10-14-12-8-6-11(13)7-9-12/h12-19H,3-11,20-21H2,1-2H3;7-10H,2-6,11H2,1H3,(H,15,16);6-9,13H,2-5,10H2,1H3. The van der Waals surface area contributed by atoms with Gasteiger partial charge in [0, 0.05) is 0 Å². The summed E-state index contributed by atoms with van der Waals surface area (Å²) in [7, 11) is 0. The fourth-order valence-corrected chi connectivity index (χ4v) is 5.92. The van der Waals surface area contributed by atoms with Gasteiger partial charge >= 0.3 is 11.9 Å². The largest absolute Gasteiger partial charge is 0.508 e. The van der Waals surface area contributed by atoms with Gasteiger partial charge in [0.1, 0.15) is 34.5 Å². The summed E-state index contributed by atoms with van der Waals surface area (Å²) in [4.78, 5) is 23.0. The van der Waals surface area contributed by atoms with Crippen LogP contribution in [0.1, 0.15) is 164 Å². The zero-order valence-corrected chi connectivity index (χ0v) is 37.5. The molecule has 4 aromatic rings. The van der Waals surface area contributed by atoms with Gasteiger partial charge in [0.15, 0.2) is 0 Å². The van der Waals surface area contributed by atoms with Gasteiger partial charge in [-0.1, -0.05) is 118 Å². The summed E-state index contributed by atoms with van der Waals surface area (Å²) in [5.74, 6) is 2.65. The average molecular weight is 843 g/mol. The molecule has 0 aliphatic heterocycles. The van der Waals surface area contributed by atoms with Crippen molar-refractivity contribution in [3.05, 3.63) is 108 Å². The smallest absolute Gasteiger partial charge is 0.343 e. The van der Waals surface area contributed by atoms with Crippen molar-refractivity contribution in [2.75, 3.05) is 26.4 Å². The SMILES string of the molecule is CCCCCCCOc1ccc(C(=O)O)cc1.CCCCCCCOc1ccc(C(=O)Oc2ccc(OCCCCCC)cc2)cc1.CCCCCCOc1ccc(O)cc1. The van der Waals surface area contributed by atoms with E-state index in [1.807, 2.05) is 24.3 Å². The number of aromatic carboxylic acids is 1. The lowest BCUT2D eigenvalue weighted by Gasteiger charge is -2.09. The number of phenols is 1. The molecule has 0 fully saturated rings. The molecule has 2 N–H and O–H groups in total. The average Bonchev–Trinajstić information content (AvgIpc) is 3.28. The number of carboxylic acid groups (broad SMARTS) is 1. The Labute approximate surface area is 366 Å². The molecule has 0 spiro atoms. The molecule has 0 bridgehead atoms. The Bertz CT molecular complexity index is 1650. The highest BCUT2D eigenvalue weighted by atomic mass is 16.5. The molecule has 4 rings (SSSR count). The number of hydrogen-bond donors (Lipinski definition) is 2. The minimum absolute atomic E-state index is 0.281. The van der Waals surface area contributed by atoms with Crippen molar-refractivity contribution in [3.63, 3.8) is 0 Å². The molecule has 9 nitrogen and oxygen atoms in total. The highest BCUT2D eigenvalue weighted by Crippen LogP contribution is 2.21. The molecule has 0 aliphatic rings. The Balaban J connectivity index is 0.000000348. The highest BCUT2D eigenvalue weighted by Gasteiger charge is 2.09. The van der Waals surface area contributed by atoms with Crippen LogP contribution in [0, 0.1) is 0 Å². The molecular formula is C52H74O9. The molecule has 0 heterocycles. The first kappa shape index (κ1) is 52.0. The summed E-state index contributed by atoms with van der Waals surface area (Å²) in [6, 6.07) is 27.7. The number of phenolic OH excluding ortho intramolecular Hbond substituents is 1. The van der Waals surface area contributed by atoms with Gasteiger partial charge in [0.2, 0.25) is 0 Å². The molecule has 0 amide bonds. The van der Waals surface area contributed by atoms with Crippen molar-refractivity contribution in [2.45, 2.75) is 143 Å². The minimum Gasteiger partial charge on any atom is -0.508 e. The van der Waals surface area contributed by atoms with Crippen LogP contribution in [0.4, 0.5) is 0 Å². The van der Waals surface area contributed by atoms with Crippen LogP contribution in [0.15, 0.2) is 97.1 Å². The van der Waals surface area contributed by atoms with Gasteiger partial charge in [0.25, 0.3) is 0 Å². The van der Waals surface area contributed by atoms with Crippen molar-refractivity contribution in [3.8, 4) is 34.5 Å². The fraction of sp³-hybridized carbons (Fsp3) is 0.500. The summed E-state index contributed by atoms with van der Waals surface area (Å²) >= 11 is 0. The van der Waals surface area contributed by atoms with Gasteiger partial charge in [-0.25, -0.2) is 9.59 Å². The van der Waals surface area contributed by atoms with Gasteiger partial charge in [-0.05, 0) is 123 Å². The van der Waals surface area contributed by atoms with Crippen molar-refractivity contribution < 1.29 is 43.5 Å². The summed E-state index contributed by atoms with van der Waals surface area (Å²) in [6.45, 7) is 11.7.